The normalized spacial score (nSPS) is 16.5. The summed E-state index contributed by atoms with van der Waals surface area (Å²) < 4.78 is 6.21. The van der Waals surface area contributed by atoms with Crippen LogP contribution in [0.2, 0.25) is 0 Å². The second-order valence-corrected chi connectivity index (χ2v) is 9.19. The number of nitrogens with one attached hydrogen (secondary N) is 1. The fraction of sp³-hybridized carbons (Fsp3) is 0.367. The number of rotatable bonds is 9. The van der Waals surface area contributed by atoms with Crippen LogP contribution in [0.15, 0.2) is 72.8 Å². The highest BCUT2D eigenvalue weighted by Gasteiger charge is 2.29. The lowest BCUT2D eigenvalue weighted by Gasteiger charge is -2.38. The van der Waals surface area contributed by atoms with E-state index in [9.17, 15) is 4.79 Å². The SMILES string of the molecule is CCCNC(=O)C(CC)Oc1ccc2c(c1)C(c1ccccc1)N(Cc1cccc(C)c1)CC2. The maximum absolute atomic E-state index is 12.6. The van der Waals surface area contributed by atoms with Crippen LogP contribution in [-0.2, 0) is 17.8 Å². The van der Waals surface area contributed by atoms with Gasteiger partial charge in [0.15, 0.2) is 6.10 Å². The van der Waals surface area contributed by atoms with Gasteiger partial charge in [-0.15, -0.1) is 0 Å². The van der Waals surface area contributed by atoms with E-state index in [2.05, 4.69) is 90.8 Å². The first kappa shape index (κ1) is 24.0. The van der Waals surface area contributed by atoms with Crippen molar-refractivity contribution in [2.24, 2.45) is 0 Å². The summed E-state index contributed by atoms with van der Waals surface area (Å²) >= 11 is 0. The number of nitrogens with zero attached hydrogens (tertiary/aromatic N) is 1. The molecule has 3 aromatic carbocycles. The minimum Gasteiger partial charge on any atom is -0.481 e. The Labute approximate surface area is 204 Å². The van der Waals surface area contributed by atoms with Crippen LogP contribution < -0.4 is 10.1 Å². The Morgan fingerprint density at radius 2 is 1.88 bits per heavy atom. The van der Waals surface area contributed by atoms with Gasteiger partial charge in [0, 0.05) is 19.6 Å². The largest absolute Gasteiger partial charge is 0.481 e. The molecule has 0 fully saturated rings. The lowest BCUT2D eigenvalue weighted by atomic mass is 9.87. The van der Waals surface area contributed by atoms with Gasteiger partial charge in [0.25, 0.3) is 5.91 Å². The highest BCUT2D eigenvalue weighted by atomic mass is 16.5. The number of ether oxygens (including phenoxy) is 1. The smallest absolute Gasteiger partial charge is 0.261 e. The summed E-state index contributed by atoms with van der Waals surface area (Å²) in [5.41, 5.74) is 6.52. The Morgan fingerprint density at radius 1 is 1.06 bits per heavy atom. The molecular formula is C30H36N2O2. The molecule has 2 atom stereocenters. The van der Waals surface area contributed by atoms with Gasteiger partial charge in [-0.05, 0) is 60.6 Å². The summed E-state index contributed by atoms with van der Waals surface area (Å²) in [7, 11) is 0. The Balaban J connectivity index is 1.65. The number of carbonyl (C=O) groups excluding carboxylic acids is 1. The molecule has 3 aromatic rings. The van der Waals surface area contributed by atoms with Crippen LogP contribution in [0.5, 0.6) is 5.75 Å². The summed E-state index contributed by atoms with van der Waals surface area (Å²) in [4.78, 5) is 15.1. The number of amides is 1. The van der Waals surface area contributed by atoms with Gasteiger partial charge in [0.2, 0.25) is 0 Å². The summed E-state index contributed by atoms with van der Waals surface area (Å²) in [5, 5.41) is 2.97. The third-order valence-electron chi connectivity index (χ3n) is 6.52. The third-order valence-corrected chi connectivity index (χ3v) is 6.52. The predicted molar refractivity (Wildman–Crippen MR) is 138 cm³/mol. The van der Waals surface area contributed by atoms with E-state index >= 15 is 0 Å². The molecule has 1 amide bonds. The molecule has 0 spiro atoms. The van der Waals surface area contributed by atoms with Gasteiger partial charge in [0.05, 0.1) is 6.04 Å². The van der Waals surface area contributed by atoms with Gasteiger partial charge < -0.3 is 10.1 Å². The van der Waals surface area contributed by atoms with Crippen LogP contribution in [-0.4, -0.2) is 30.0 Å². The van der Waals surface area contributed by atoms with Crippen molar-refractivity contribution in [3.8, 4) is 5.75 Å². The fourth-order valence-electron chi connectivity index (χ4n) is 4.81. The molecule has 0 bridgehead atoms. The zero-order valence-corrected chi connectivity index (χ0v) is 20.6. The van der Waals surface area contributed by atoms with Crippen LogP contribution in [0.3, 0.4) is 0 Å². The van der Waals surface area contributed by atoms with Crippen molar-refractivity contribution in [3.63, 3.8) is 0 Å². The second kappa shape index (κ2) is 11.3. The minimum absolute atomic E-state index is 0.0391. The molecule has 0 saturated carbocycles. The predicted octanol–water partition coefficient (Wildman–Crippen LogP) is 5.83. The molecule has 34 heavy (non-hydrogen) atoms. The maximum Gasteiger partial charge on any atom is 0.261 e. The average Bonchev–Trinajstić information content (AvgIpc) is 2.86. The van der Waals surface area contributed by atoms with Crippen molar-refractivity contribution in [1.29, 1.82) is 0 Å². The Morgan fingerprint density at radius 3 is 2.62 bits per heavy atom. The van der Waals surface area contributed by atoms with E-state index < -0.39 is 6.10 Å². The fourth-order valence-corrected chi connectivity index (χ4v) is 4.81. The van der Waals surface area contributed by atoms with Crippen molar-refractivity contribution >= 4 is 5.91 Å². The van der Waals surface area contributed by atoms with Gasteiger partial charge in [-0.2, -0.15) is 0 Å². The van der Waals surface area contributed by atoms with Crippen LogP contribution in [0.1, 0.15) is 60.5 Å². The molecule has 0 aromatic heterocycles. The van der Waals surface area contributed by atoms with Crippen molar-refractivity contribution in [1.82, 2.24) is 10.2 Å². The average molecular weight is 457 g/mol. The minimum atomic E-state index is -0.480. The zero-order chi connectivity index (χ0) is 23.9. The van der Waals surface area contributed by atoms with Crippen molar-refractivity contribution < 1.29 is 9.53 Å². The van der Waals surface area contributed by atoms with E-state index in [4.69, 9.17) is 4.74 Å². The highest BCUT2D eigenvalue weighted by molar-refractivity contribution is 5.81. The standard InChI is InChI=1S/C30H36N2O2/c1-4-17-31-30(33)28(5-2)34-26-15-14-24-16-18-32(21-23-11-9-10-22(3)19-23)29(27(24)20-26)25-12-7-6-8-13-25/h6-15,19-20,28-29H,4-5,16-18,21H2,1-3H3,(H,31,33). The molecule has 1 N–H and O–H groups in total. The summed E-state index contributed by atoms with van der Waals surface area (Å²) in [6.45, 7) is 8.75. The summed E-state index contributed by atoms with van der Waals surface area (Å²) in [6.07, 6.45) is 2.07. The second-order valence-electron chi connectivity index (χ2n) is 9.19. The number of carbonyl (C=O) groups is 1. The van der Waals surface area contributed by atoms with Crippen molar-refractivity contribution in [2.45, 2.75) is 58.7 Å². The van der Waals surface area contributed by atoms with Gasteiger partial charge in [-0.25, -0.2) is 0 Å². The first-order chi connectivity index (χ1) is 16.6. The number of aryl methyl sites for hydroxylation is 1. The molecule has 1 heterocycles. The first-order valence-electron chi connectivity index (χ1n) is 12.5. The molecule has 2 unspecified atom stereocenters. The number of hydrogen-bond donors (Lipinski definition) is 1. The van der Waals surface area contributed by atoms with Crippen LogP contribution in [0.4, 0.5) is 0 Å². The first-order valence-corrected chi connectivity index (χ1v) is 12.5. The molecule has 4 nitrogen and oxygen atoms in total. The van der Waals surface area contributed by atoms with Crippen molar-refractivity contribution in [2.75, 3.05) is 13.1 Å². The summed E-state index contributed by atoms with van der Waals surface area (Å²) in [5.74, 6) is 0.721. The van der Waals surface area contributed by atoms with Gasteiger partial charge in [-0.3, -0.25) is 9.69 Å². The van der Waals surface area contributed by atoms with E-state index in [0.717, 1.165) is 31.7 Å². The van der Waals surface area contributed by atoms with Crippen LogP contribution in [0, 0.1) is 6.92 Å². The molecule has 0 radical (unpaired) electrons. The zero-order valence-electron chi connectivity index (χ0n) is 20.6. The van der Waals surface area contributed by atoms with Gasteiger partial charge in [-0.1, -0.05) is 80.1 Å². The van der Waals surface area contributed by atoms with E-state index in [-0.39, 0.29) is 11.9 Å². The van der Waals surface area contributed by atoms with Crippen LogP contribution in [0.25, 0.3) is 0 Å². The van der Waals surface area contributed by atoms with Crippen molar-refractivity contribution in [3.05, 3.63) is 101 Å². The van der Waals surface area contributed by atoms with Crippen LogP contribution >= 0.6 is 0 Å². The lowest BCUT2D eigenvalue weighted by molar-refractivity contribution is -0.128. The Bertz CT molecular complexity index is 1100. The molecular weight excluding hydrogens is 420 g/mol. The maximum atomic E-state index is 12.6. The molecule has 1 aliphatic heterocycles. The monoisotopic (exact) mass is 456 g/mol. The molecule has 1 aliphatic rings. The topological polar surface area (TPSA) is 41.6 Å². The van der Waals surface area contributed by atoms with E-state index in [0.29, 0.717) is 13.0 Å². The number of hydrogen-bond acceptors (Lipinski definition) is 3. The molecule has 4 heteroatoms. The number of benzene rings is 3. The lowest BCUT2D eigenvalue weighted by Crippen LogP contribution is -2.38. The number of fused-ring (bicyclic) bond motifs is 1. The molecule has 0 aliphatic carbocycles. The third kappa shape index (κ3) is 5.68. The van der Waals surface area contributed by atoms with E-state index in [1.165, 1.54) is 27.8 Å². The molecule has 0 saturated heterocycles. The van der Waals surface area contributed by atoms with Gasteiger partial charge >= 0.3 is 0 Å². The summed E-state index contributed by atoms with van der Waals surface area (Å²) in [6, 6.07) is 26.0. The molecule has 178 valence electrons. The highest BCUT2D eigenvalue weighted by Crippen LogP contribution is 2.38. The van der Waals surface area contributed by atoms with E-state index in [1.807, 2.05) is 13.0 Å². The molecule has 4 rings (SSSR count). The van der Waals surface area contributed by atoms with Gasteiger partial charge in [0.1, 0.15) is 5.75 Å². The Hall–Kier alpha value is -3.11. The quantitative estimate of drug-likeness (QED) is 0.441. The Kier molecular flexibility index (Phi) is 8.02. The van der Waals surface area contributed by atoms with E-state index in [1.54, 1.807) is 0 Å².